The summed E-state index contributed by atoms with van der Waals surface area (Å²) in [5, 5.41) is 0. The molecule has 2 aromatic carbocycles. The van der Waals surface area contributed by atoms with Crippen molar-refractivity contribution in [1.82, 2.24) is 14.5 Å². The summed E-state index contributed by atoms with van der Waals surface area (Å²) in [7, 11) is 0. The van der Waals surface area contributed by atoms with Crippen molar-refractivity contribution in [3.05, 3.63) is 54.1 Å². The van der Waals surface area contributed by atoms with Gasteiger partial charge in [-0.3, -0.25) is 4.57 Å². The molecule has 0 atom stereocenters. The topological polar surface area (TPSA) is 92.3 Å². The van der Waals surface area contributed by atoms with Gasteiger partial charge in [0, 0.05) is 5.69 Å². The average Bonchev–Trinajstić information content (AvgIpc) is 3.04. The molecule has 0 bridgehead atoms. The third-order valence-electron chi connectivity index (χ3n) is 4.84. The number of rotatable bonds is 7. The van der Waals surface area contributed by atoms with Crippen molar-refractivity contribution in [2.75, 3.05) is 18.9 Å². The van der Waals surface area contributed by atoms with Crippen LogP contribution in [0.4, 0.5) is 5.82 Å². The summed E-state index contributed by atoms with van der Waals surface area (Å²) in [5.41, 5.74) is 9.76. The summed E-state index contributed by atoms with van der Waals surface area (Å²) in [6.07, 6.45) is 2.08. The largest absolute Gasteiger partial charge is 0.494 e. The zero-order valence-electron chi connectivity index (χ0n) is 17.1. The zero-order chi connectivity index (χ0) is 21.1. The summed E-state index contributed by atoms with van der Waals surface area (Å²) in [6, 6.07) is 15.1. The number of unbranched alkanes of at least 4 members (excludes halogenated alkanes) is 1. The smallest absolute Gasteiger partial charge is 0.344 e. The number of nitrogen functional groups attached to an aromatic ring is 1. The number of fused-ring (bicyclic) bond motifs is 2. The molecule has 0 aliphatic rings. The lowest BCUT2D eigenvalue weighted by Gasteiger charge is -2.10. The number of hydrogen-bond acceptors (Lipinski definition) is 6. The van der Waals surface area contributed by atoms with Gasteiger partial charge in [-0.05, 0) is 49.7 Å². The normalized spacial score (nSPS) is 11.1. The van der Waals surface area contributed by atoms with Crippen molar-refractivity contribution in [2.45, 2.75) is 26.7 Å². The highest BCUT2D eigenvalue weighted by atomic mass is 16.5. The van der Waals surface area contributed by atoms with Crippen molar-refractivity contribution in [1.29, 1.82) is 0 Å². The SMILES string of the molecule is CCCCOc1ccc(-n2c(N)c(C(=O)OCC)c3nc4ccccc4nc32)cc1. The van der Waals surface area contributed by atoms with Crippen LogP contribution in [0.15, 0.2) is 48.5 Å². The van der Waals surface area contributed by atoms with Gasteiger partial charge in [-0.15, -0.1) is 0 Å². The first-order chi connectivity index (χ1) is 14.6. The lowest BCUT2D eigenvalue weighted by molar-refractivity contribution is 0.0529. The number of nitrogens with two attached hydrogens (primary N) is 1. The van der Waals surface area contributed by atoms with Gasteiger partial charge >= 0.3 is 5.97 Å². The van der Waals surface area contributed by atoms with Crippen LogP contribution in [0.1, 0.15) is 37.0 Å². The predicted octanol–water partition coefficient (Wildman–Crippen LogP) is 4.51. The lowest BCUT2D eigenvalue weighted by atomic mass is 10.2. The number of ether oxygens (including phenoxy) is 2. The van der Waals surface area contributed by atoms with Gasteiger partial charge in [0.25, 0.3) is 0 Å². The van der Waals surface area contributed by atoms with Gasteiger partial charge in [-0.2, -0.15) is 0 Å². The Morgan fingerprint density at radius 1 is 1.03 bits per heavy atom. The van der Waals surface area contributed by atoms with Crippen LogP contribution >= 0.6 is 0 Å². The average molecular weight is 404 g/mol. The van der Waals surface area contributed by atoms with Crippen molar-refractivity contribution >= 4 is 34.0 Å². The number of hydrogen-bond donors (Lipinski definition) is 1. The fourth-order valence-corrected chi connectivity index (χ4v) is 3.35. The van der Waals surface area contributed by atoms with Gasteiger partial charge in [0.1, 0.15) is 22.6 Å². The molecule has 154 valence electrons. The molecule has 0 unspecified atom stereocenters. The van der Waals surface area contributed by atoms with Gasteiger partial charge in [-0.1, -0.05) is 25.5 Å². The minimum absolute atomic E-state index is 0.230. The maximum absolute atomic E-state index is 12.7. The number of benzene rings is 2. The van der Waals surface area contributed by atoms with E-state index >= 15 is 0 Å². The van der Waals surface area contributed by atoms with E-state index in [1.54, 1.807) is 11.5 Å². The molecule has 0 saturated carbocycles. The highest BCUT2D eigenvalue weighted by Crippen LogP contribution is 2.32. The maximum atomic E-state index is 12.7. The molecule has 2 heterocycles. The van der Waals surface area contributed by atoms with E-state index in [1.807, 2.05) is 48.5 Å². The van der Waals surface area contributed by atoms with Crippen LogP contribution in [0.2, 0.25) is 0 Å². The molecule has 0 aliphatic heterocycles. The Kier molecular flexibility index (Phi) is 5.52. The van der Waals surface area contributed by atoms with Crippen LogP contribution in [0.5, 0.6) is 5.75 Å². The van der Waals surface area contributed by atoms with Gasteiger partial charge in [0.2, 0.25) is 0 Å². The Hall–Kier alpha value is -3.61. The molecule has 7 heteroatoms. The summed E-state index contributed by atoms with van der Waals surface area (Å²) in [4.78, 5) is 22.1. The molecule has 0 fully saturated rings. The molecule has 2 N–H and O–H groups in total. The van der Waals surface area contributed by atoms with Gasteiger partial charge in [0.05, 0.1) is 24.2 Å². The van der Waals surface area contributed by atoms with Gasteiger partial charge < -0.3 is 15.2 Å². The number of para-hydroxylation sites is 2. The minimum atomic E-state index is -0.511. The molecule has 2 aromatic heterocycles. The van der Waals surface area contributed by atoms with E-state index in [1.165, 1.54) is 0 Å². The Morgan fingerprint density at radius 2 is 1.73 bits per heavy atom. The second kappa shape index (κ2) is 8.41. The van der Waals surface area contributed by atoms with Crippen LogP contribution in [-0.4, -0.2) is 33.7 Å². The van der Waals surface area contributed by atoms with Crippen LogP contribution in [0.25, 0.3) is 27.9 Å². The highest BCUT2D eigenvalue weighted by molar-refractivity contribution is 6.09. The standard InChI is InChI=1S/C23H24N4O3/c1-3-5-14-30-16-12-10-15(11-13-16)27-21(24)19(23(28)29-4-2)20-22(27)26-18-9-7-6-8-17(18)25-20/h6-13H,3-5,14,24H2,1-2H3. The van der Waals surface area contributed by atoms with Crippen molar-refractivity contribution in [3.63, 3.8) is 0 Å². The number of carbonyl (C=O) groups excluding carboxylic acids is 1. The third-order valence-corrected chi connectivity index (χ3v) is 4.84. The first kappa shape index (κ1) is 19.7. The molecule has 0 aliphatic carbocycles. The van der Waals surface area contributed by atoms with E-state index in [2.05, 4.69) is 11.9 Å². The van der Waals surface area contributed by atoms with Gasteiger partial charge in [-0.25, -0.2) is 14.8 Å². The van der Waals surface area contributed by atoms with Crippen LogP contribution < -0.4 is 10.5 Å². The fourth-order valence-electron chi connectivity index (χ4n) is 3.35. The Labute approximate surface area is 174 Å². The Bertz CT molecular complexity index is 1200. The quantitative estimate of drug-likeness (QED) is 0.360. The summed E-state index contributed by atoms with van der Waals surface area (Å²) in [5.74, 6) is 0.519. The van der Waals surface area contributed by atoms with Crippen molar-refractivity contribution in [3.8, 4) is 11.4 Å². The van der Waals surface area contributed by atoms with E-state index in [0.29, 0.717) is 23.3 Å². The maximum Gasteiger partial charge on any atom is 0.344 e. The van der Waals surface area contributed by atoms with Crippen molar-refractivity contribution < 1.29 is 14.3 Å². The third kappa shape index (κ3) is 3.54. The second-order valence-corrected chi connectivity index (χ2v) is 6.90. The minimum Gasteiger partial charge on any atom is -0.494 e. The van der Waals surface area contributed by atoms with E-state index in [-0.39, 0.29) is 18.0 Å². The molecule has 4 rings (SSSR count). The number of anilines is 1. The summed E-state index contributed by atoms with van der Waals surface area (Å²) >= 11 is 0. The highest BCUT2D eigenvalue weighted by Gasteiger charge is 2.25. The molecular formula is C23H24N4O3. The summed E-state index contributed by atoms with van der Waals surface area (Å²) < 4.78 is 12.7. The van der Waals surface area contributed by atoms with Crippen LogP contribution in [-0.2, 0) is 4.74 Å². The van der Waals surface area contributed by atoms with Crippen LogP contribution in [0.3, 0.4) is 0 Å². The number of carbonyl (C=O) groups is 1. The fraction of sp³-hybridized carbons (Fsp3) is 0.261. The zero-order valence-corrected chi connectivity index (χ0v) is 17.1. The molecule has 4 aromatic rings. The molecule has 0 saturated heterocycles. The predicted molar refractivity (Wildman–Crippen MR) is 117 cm³/mol. The molecule has 0 spiro atoms. The summed E-state index contributed by atoms with van der Waals surface area (Å²) in [6.45, 7) is 4.80. The first-order valence-corrected chi connectivity index (χ1v) is 10.1. The van der Waals surface area contributed by atoms with E-state index in [9.17, 15) is 4.79 Å². The molecule has 0 amide bonds. The van der Waals surface area contributed by atoms with E-state index in [0.717, 1.165) is 29.8 Å². The van der Waals surface area contributed by atoms with E-state index in [4.69, 9.17) is 20.2 Å². The van der Waals surface area contributed by atoms with Crippen LogP contribution in [0, 0.1) is 0 Å². The Morgan fingerprint density at radius 3 is 2.40 bits per heavy atom. The first-order valence-electron chi connectivity index (χ1n) is 10.1. The molecular weight excluding hydrogens is 380 g/mol. The number of esters is 1. The lowest BCUT2D eigenvalue weighted by Crippen LogP contribution is -2.09. The monoisotopic (exact) mass is 404 g/mol. The molecule has 30 heavy (non-hydrogen) atoms. The number of nitrogens with zero attached hydrogens (tertiary/aromatic N) is 3. The molecule has 7 nitrogen and oxygen atoms in total. The molecule has 0 radical (unpaired) electrons. The number of aromatic nitrogens is 3. The van der Waals surface area contributed by atoms with E-state index < -0.39 is 5.97 Å². The van der Waals surface area contributed by atoms with Crippen molar-refractivity contribution in [2.24, 2.45) is 0 Å². The Balaban J connectivity index is 1.87. The second-order valence-electron chi connectivity index (χ2n) is 6.90. The van der Waals surface area contributed by atoms with Gasteiger partial charge in [0.15, 0.2) is 5.65 Å².